The van der Waals surface area contributed by atoms with Crippen molar-refractivity contribution in [1.82, 2.24) is 0 Å². The molecule has 16 heavy (non-hydrogen) atoms. The third-order valence-electron chi connectivity index (χ3n) is 2.46. The van der Waals surface area contributed by atoms with E-state index in [1.807, 2.05) is 4.90 Å². The zero-order chi connectivity index (χ0) is 11.5. The number of halogens is 2. The van der Waals surface area contributed by atoms with Crippen molar-refractivity contribution >= 4 is 34.7 Å². The van der Waals surface area contributed by atoms with E-state index in [9.17, 15) is 4.91 Å². The van der Waals surface area contributed by atoms with Crippen LogP contribution in [0.1, 0.15) is 12.8 Å². The van der Waals surface area contributed by atoms with E-state index in [2.05, 4.69) is 10.4 Å². The number of nitrogens with zero attached hydrogens (tertiary/aromatic N) is 3. The normalized spacial score (nSPS) is 18.1. The standard InChI is InChI=1S/C10H9Cl2N3O/c11-7-3-1-4-8(12)10(7)15-6-2-5-9(15)13-14-16/h1,3-4H,2,5-6H2/b13-9+. The third-order valence-corrected chi connectivity index (χ3v) is 3.07. The first-order valence-corrected chi connectivity index (χ1v) is 5.60. The van der Waals surface area contributed by atoms with Gasteiger partial charge in [0.05, 0.1) is 21.0 Å². The molecule has 0 spiro atoms. The molecule has 0 aromatic heterocycles. The summed E-state index contributed by atoms with van der Waals surface area (Å²) in [4.78, 5) is 12.0. The van der Waals surface area contributed by atoms with Gasteiger partial charge in [-0.2, -0.15) is 0 Å². The minimum Gasteiger partial charge on any atom is -0.326 e. The van der Waals surface area contributed by atoms with Crippen LogP contribution in [0, 0.1) is 4.91 Å². The lowest BCUT2D eigenvalue weighted by Crippen LogP contribution is -2.24. The van der Waals surface area contributed by atoms with Crippen LogP contribution in [0.2, 0.25) is 10.0 Å². The van der Waals surface area contributed by atoms with Gasteiger partial charge in [-0.3, -0.25) is 0 Å². The molecule has 4 nitrogen and oxygen atoms in total. The van der Waals surface area contributed by atoms with Gasteiger partial charge in [-0.25, -0.2) is 0 Å². The first-order chi connectivity index (χ1) is 7.74. The molecule has 0 unspecified atom stereocenters. The van der Waals surface area contributed by atoms with Crippen molar-refractivity contribution in [1.29, 1.82) is 0 Å². The number of nitroso groups, excluding NO2 is 1. The Labute approximate surface area is 103 Å². The summed E-state index contributed by atoms with van der Waals surface area (Å²) in [7, 11) is 0. The summed E-state index contributed by atoms with van der Waals surface area (Å²) in [6.07, 6.45) is 1.63. The summed E-state index contributed by atoms with van der Waals surface area (Å²) in [6, 6.07) is 5.29. The molecule has 0 radical (unpaired) electrons. The Bertz CT molecular complexity index is 427. The molecule has 84 valence electrons. The smallest absolute Gasteiger partial charge is 0.135 e. The highest BCUT2D eigenvalue weighted by atomic mass is 35.5. The quantitative estimate of drug-likeness (QED) is 0.600. The molecule has 1 aliphatic rings. The molecular formula is C10H9Cl2N3O. The van der Waals surface area contributed by atoms with Gasteiger partial charge in [0.2, 0.25) is 0 Å². The number of amidine groups is 1. The minimum absolute atomic E-state index is 0.549. The fraction of sp³-hybridized carbons (Fsp3) is 0.300. The first-order valence-electron chi connectivity index (χ1n) is 4.85. The summed E-state index contributed by atoms with van der Waals surface area (Å²) >= 11 is 12.2. The molecule has 0 aliphatic carbocycles. The molecule has 0 atom stereocenters. The second kappa shape index (κ2) is 4.80. The van der Waals surface area contributed by atoms with Crippen molar-refractivity contribution in [2.75, 3.05) is 11.4 Å². The van der Waals surface area contributed by atoms with Crippen molar-refractivity contribution in [3.8, 4) is 0 Å². The summed E-state index contributed by atoms with van der Waals surface area (Å²) < 4.78 is 0. The fourth-order valence-corrected chi connectivity index (χ4v) is 2.40. The maximum Gasteiger partial charge on any atom is 0.135 e. The van der Waals surface area contributed by atoms with Crippen LogP contribution in [0.15, 0.2) is 28.6 Å². The third kappa shape index (κ3) is 2.03. The van der Waals surface area contributed by atoms with E-state index in [1.165, 1.54) is 0 Å². The molecule has 1 fully saturated rings. The van der Waals surface area contributed by atoms with E-state index in [4.69, 9.17) is 23.2 Å². The highest BCUT2D eigenvalue weighted by molar-refractivity contribution is 6.40. The Morgan fingerprint density at radius 3 is 2.56 bits per heavy atom. The monoisotopic (exact) mass is 257 g/mol. The fourth-order valence-electron chi connectivity index (χ4n) is 1.80. The Morgan fingerprint density at radius 2 is 1.94 bits per heavy atom. The molecule has 0 amide bonds. The molecule has 1 aliphatic heterocycles. The molecule has 0 saturated carbocycles. The summed E-state index contributed by atoms with van der Waals surface area (Å²) in [5, 5.41) is 7.22. The van der Waals surface area contributed by atoms with Crippen LogP contribution < -0.4 is 4.90 Å². The molecule has 1 aromatic rings. The molecule has 0 bridgehead atoms. The van der Waals surface area contributed by atoms with Crippen LogP contribution in [-0.2, 0) is 0 Å². The lowest BCUT2D eigenvalue weighted by Gasteiger charge is -2.20. The molecule has 1 saturated heterocycles. The second-order valence-electron chi connectivity index (χ2n) is 3.42. The van der Waals surface area contributed by atoms with Crippen LogP contribution in [0.5, 0.6) is 0 Å². The molecule has 0 N–H and O–H groups in total. The van der Waals surface area contributed by atoms with Gasteiger partial charge in [0.15, 0.2) is 0 Å². The number of anilines is 1. The number of para-hydroxylation sites is 1. The average molecular weight is 258 g/mol. The van der Waals surface area contributed by atoms with Gasteiger partial charge in [-0.15, -0.1) is 4.91 Å². The second-order valence-corrected chi connectivity index (χ2v) is 4.24. The van der Waals surface area contributed by atoms with Crippen molar-refractivity contribution in [2.45, 2.75) is 12.8 Å². The SMILES string of the molecule is O=N/N=C1\CCCN1c1c(Cl)cccc1Cl. The zero-order valence-electron chi connectivity index (χ0n) is 8.36. The molecule has 2 rings (SSSR count). The number of hydrogen-bond donors (Lipinski definition) is 0. The zero-order valence-corrected chi connectivity index (χ0v) is 9.87. The Kier molecular flexibility index (Phi) is 3.41. The Balaban J connectivity index is 2.44. The average Bonchev–Trinajstić information content (AvgIpc) is 2.67. The van der Waals surface area contributed by atoms with Crippen LogP contribution >= 0.6 is 23.2 Å². The Morgan fingerprint density at radius 1 is 1.25 bits per heavy atom. The largest absolute Gasteiger partial charge is 0.326 e. The van der Waals surface area contributed by atoms with Gasteiger partial charge in [0.25, 0.3) is 0 Å². The maximum atomic E-state index is 10.2. The van der Waals surface area contributed by atoms with E-state index in [1.54, 1.807) is 18.2 Å². The van der Waals surface area contributed by atoms with Gasteiger partial charge in [-0.1, -0.05) is 34.4 Å². The van der Waals surface area contributed by atoms with Crippen LogP contribution in [0.3, 0.4) is 0 Å². The van der Waals surface area contributed by atoms with Crippen LogP contribution in [0.4, 0.5) is 5.69 Å². The maximum absolute atomic E-state index is 10.2. The van der Waals surface area contributed by atoms with Gasteiger partial charge >= 0.3 is 0 Å². The number of hydrogen-bond acceptors (Lipinski definition) is 2. The van der Waals surface area contributed by atoms with E-state index in [0.29, 0.717) is 28.0 Å². The Hall–Kier alpha value is -1.13. The summed E-state index contributed by atoms with van der Waals surface area (Å²) in [5.74, 6) is 0.616. The molecular weight excluding hydrogens is 249 g/mol. The van der Waals surface area contributed by atoms with Crippen LogP contribution in [-0.4, -0.2) is 12.4 Å². The van der Waals surface area contributed by atoms with E-state index < -0.39 is 0 Å². The molecule has 1 heterocycles. The van der Waals surface area contributed by atoms with E-state index in [-0.39, 0.29) is 0 Å². The summed E-state index contributed by atoms with van der Waals surface area (Å²) in [6.45, 7) is 0.748. The lowest BCUT2D eigenvalue weighted by molar-refractivity contribution is 0.956. The number of benzene rings is 1. The predicted octanol–water partition coefficient (Wildman–Crippen LogP) is 3.67. The van der Waals surface area contributed by atoms with Gasteiger partial charge < -0.3 is 4.90 Å². The first kappa shape index (κ1) is 11.4. The van der Waals surface area contributed by atoms with Gasteiger partial charge in [0.1, 0.15) is 5.84 Å². The van der Waals surface area contributed by atoms with Crippen LogP contribution in [0.25, 0.3) is 0 Å². The number of rotatable bonds is 2. The topological polar surface area (TPSA) is 45.0 Å². The lowest BCUT2D eigenvalue weighted by atomic mass is 10.3. The minimum atomic E-state index is 0.549. The van der Waals surface area contributed by atoms with Crippen molar-refractivity contribution < 1.29 is 0 Å². The highest BCUT2D eigenvalue weighted by Crippen LogP contribution is 2.36. The predicted molar refractivity (Wildman–Crippen MR) is 66.3 cm³/mol. The molecule has 6 heteroatoms. The highest BCUT2D eigenvalue weighted by Gasteiger charge is 2.24. The van der Waals surface area contributed by atoms with Crippen molar-refractivity contribution in [2.24, 2.45) is 10.4 Å². The van der Waals surface area contributed by atoms with Gasteiger partial charge in [0, 0.05) is 13.0 Å². The molecule has 1 aromatic carbocycles. The van der Waals surface area contributed by atoms with E-state index in [0.717, 1.165) is 13.0 Å². The van der Waals surface area contributed by atoms with Crippen molar-refractivity contribution in [3.05, 3.63) is 33.2 Å². The summed E-state index contributed by atoms with van der Waals surface area (Å²) in [5.41, 5.74) is 0.700. The van der Waals surface area contributed by atoms with Gasteiger partial charge in [-0.05, 0) is 18.6 Å². The van der Waals surface area contributed by atoms with E-state index >= 15 is 0 Å². The van der Waals surface area contributed by atoms with Crippen molar-refractivity contribution in [3.63, 3.8) is 0 Å².